The fourth-order valence-corrected chi connectivity index (χ4v) is 2.03. The van der Waals surface area contributed by atoms with Gasteiger partial charge in [-0.15, -0.1) is 0 Å². The monoisotopic (exact) mass is 323 g/mol. The first kappa shape index (κ1) is 18.8. The third kappa shape index (κ3) is 6.15. The number of nitrogens with zero attached hydrogens (tertiary/aromatic N) is 1. The number of nitrogens with one attached hydrogen (secondary N) is 2. The van der Waals surface area contributed by atoms with Crippen molar-refractivity contribution in [2.24, 2.45) is 0 Å². The smallest absolute Gasteiger partial charge is 0.238 e. The molecule has 0 unspecified atom stereocenters. The molecule has 0 radical (unpaired) electrons. The van der Waals surface area contributed by atoms with Gasteiger partial charge in [-0.05, 0) is 25.6 Å². The quantitative estimate of drug-likeness (QED) is 0.711. The molecule has 0 spiro atoms. The highest BCUT2D eigenvalue weighted by Crippen LogP contribution is 2.28. The van der Waals surface area contributed by atoms with Crippen LogP contribution in [0.5, 0.6) is 11.5 Å². The lowest BCUT2D eigenvalue weighted by Gasteiger charge is -2.19. The highest BCUT2D eigenvalue weighted by molar-refractivity contribution is 5.94. The van der Waals surface area contributed by atoms with Gasteiger partial charge < -0.3 is 20.1 Å². The van der Waals surface area contributed by atoms with E-state index >= 15 is 0 Å². The van der Waals surface area contributed by atoms with Crippen LogP contribution in [-0.2, 0) is 9.59 Å². The first-order chi connectivity index (χ1) is 11.0. The van der Waals surface area contributed by atoms with Crippen molar-refractivity contribution in [3.63, 3.8) is 0 Å². The van der Waals surface area contributed by atoms with Crippen molar-refractivity contribution in [2.75, 3.05) is 45.7 Å². The van der Waals surface area contributed by atoms with Gasteiger partial charge in [-0.2, -0.15) is 0 Å². The van der Waals surface area contributed by atoms with Crippen LogP contribution in [0.15, 0.2) is 18.2 Å². The minimum atomic E-state index is -0.209. The Balaban J connectivity index is 2.66. The van der Waals surface area contributed by atoms with Crippen LogP contribution in [0.4, 0.5) is 5.69 Å². The van der Waals surface area contributed by atoms with Gasteiger partial charge in [-0.1, -0.05) is 6.92 Å². The Morgan fingerprint density at radius 2 is 1.78 bits per heavy atom. The van der Waals surface area contributed by atoms with Crippen molar-refractivity contribution < 1.29 is 19.1 Å². The highest BCUT2D eigenvalue weighted by atomic mass is 16.5. The molecule has 23 heavy (non-hydrogen) atoms. The normalized spacial score (nSPS) is 10.3. The molecule has 0 heterocycles. The first-order valence-electron chi connectivity index (χ1n) is 7.54. The fourth-order valence-electron chi connectivity index (χ4n) is 2.03. The molecule has 0 fully saturated rings. The van der Waals surface area contributed by atoms with Crippen LogP contribution in [0, 0.1) is 0 Å². The standard InChI is InChI=1S/C16H25N3O4/c1-5-17-15(20)10-19(6-2)11-16(21)18-13-8-7-12(22-3)9-14(13)23-4/h7-9H,5-6,10-11H2,1-4H3,(H,17,20)(H,18,21). The van der Waals surface area contributed by atoms with E-state index < -0.39 is 0 Å². The van der Waals surface area contributed by atoms with E-state index in [4.69, 9.17) is 9.47 Å². The molecule has 1 aromatic carbocycles. The Labute approximate surface area is 136 Å². The summed E-state index contributed by atoms with van der Waals surface area (Å²) in [6, 6.07) is 5.15. The minimum Gasteiger partial charge on any atom is -0.497 e. The molecule has 7 nitrogen and oxygen atoms in total. The summed E-state index contributed by atoms with van der Waals surface area (Å²) in [5, 5.41) is 5.51. The molecule has 128 valence electrons. The van der Waals surface area contributed by atoms with E-state index in [0.29, 0.717) is 30.3 Å². The number of carbonyl (C=O) groups excluding carboxylic acids is 2. The molecule has 2 amide bonds. The molecule has 0 saturated carbocycles. The number of amides is 2. The number of carbonyl (C=O) groups is 2. The van der Waals surface area contributed by atoms with Crippen LogP contribution in [0.1, 0.15) is 13.8 Å². The maximum absolute atomic E-state index is 12.2. The number of rotatable bonds is 9. The maximum atomic E-state index is 12.2. The number of anilines is 1. The molecule has 0 aromatic heterocycles. The molecule has 0 atom stereocenters. The number of ether oxygens (including phenoxy) is 2. The summed E-state index contributed by atoms with van der Waals surface area (Å²) in [6.45, 7) is 5.26. The van der Waals surface area contributed by atoms with Gasteiger partial charge >= 0.3 is 0 Å². The number of hydrogen-bond acceptors (Lipinski definition) is 5. The van der Waals surface area contributed by atoms with Gasteiger partial charge in [0.25, 0.3) is 0 Å². The summed E-state index contributed by atoms with van der Waals surface area (Å²) in [4.78, 5) is 25.5. The summed E-state index contributed by atoms with van der Waals surface area (Å²) in [6.07, 6.45) is 0. The number of likely N-dealkylation sites (N-methyl/N-ethyl adjacent to an activating group) is 2. The molecule has 2 N–H and O–H groups in total. The number of hydrogen-bond donors (Lipinski definition) is 2. The molecule has 1 aromatic rings. The SMILES string of the molecule is CCNC(=O)CN(CC)CC(=O)Nc1ccc(OC)cc1OC. The fraction of sp³-hybridized carbons (Fsp3) is 0.500. The predicted molar refractivity (Wildman–Crippen MR) is 89.0 cm³/mol. The average Bonchev–Trinajstić information content (AvgIpc) is 2.54. The molecule has 0 bridgehead atoms. The molecule has 0 saturated heterocycles. The van der Waals surface area contributed by atoms with Gasteiger partial charge in [0.1, 0.15) is 11.5 Å². The Hall–Kier alpha value is -2.28. The van der Waals surface area contributed by atoms with Crippen molar-refractivity contribution in [1.82, 2.24) is 10.2 Å². The second-order valence-electron chi connectivity index (χ2n) is 4.87. The van der Waals surface area contributed by atoms with Crippen LogP contribution < -0.4 is 20.1 Å². The molecule has 7 heteroatoms. The van der Waals surface area contributed by atoms with Crippen molar-refractivity contribution in [2.45, 2.75) is 13.8 Å². The molecule has 1 rings (SSSR count). The van der Waals surface area contributed by atoms with Crippen molar-refractivity contribution in [3.05, 3.63) is 18.2 Å². The van der Waals surface area contributed by atoms with Gasteiger partial charge in [-0.25, -0.2) is 0 Å². The topological polar surface area (TPSA) is 79.9 Å². The van der Waals surface area contributed by atoms with Gasteiger partial charge in [-0.3, -0.25) is 14.5 Å². The summed E-state index contributed by atoms with van der Waals surface area (Å²) in [7, 11) is 3.09. The zero-order valence-corrected chi connectivity index (χ0v) is 14.1. The van der Waals surface area contributed by atoms with Crippen LogP contribution in [0.3, 0.4) is 0 Å². The number of benzene rings is 1. The highest BCUT2D eigenvalue weighted by Gasteiger charge is 2.14. The van der Waals surface area contributed by atoms with Crippen molar-refractivity contribution in [1.29, 1.82) is 0 Å². The Morgan fingerprint density at radius 3 is 2.35 bits per heavy atom. The van der Waals surface area contributed by atoms with Crippen LogP contribution >= 0.6 is 0 Å². The minimum absolute atomic E-state index is 0.0934. The third-order valence-electron chi connectivity index (χ3n) is 3.24. The maximum Gasteiger partial charge on any atom is 0.238 e. The lowest BCUT2D eigenvalue weighted by Crippen LogP contribution is -2.41. The summed E-state index contributed by atoms with van der Waals surface area (Å²) in [5.74, 6) is 0.861. The van der Waals surface area contributed by atoms with Crippen LogP contribution in [-0.4, -0.2) is 57.1 Å². The second kappa shape index (κ2) is 9.68. The summed E-state index contributed by atoms with van der Waals surface area (Å²) in [5.41, 5.74) is 0.562. The van der Waals surface area contributed by atoms with Crippen molar-refractivity contribution in [3.8, 4) is 11.5 Å². The molecule has 0 aliphatic heterocycles. The molecular weight excluding hydrogens is 298 g/mol. The van der Waals surface area contributed by atoms with Crippen molar-refractivity contribution >= 4 is 17.5 Å². The third-order valence-corrected chi connectivity index (χ3v) is 3.24. The second-order valence-corrected chi connectivity index (χ2v) is 4.87. The van der Waals surface area contributed by atoms with E-state index in [0.717, 1.165) is 0 Å². The van der Waals surface area contributed by atoms with Gasteiger partial charge in [0, 0.05) is 12.6 Å². The summed E-state index contributed by atoms with van der Waals surface area (Å²) < 4.78 is 10.4. The van der Waals surface area contributed by atoms with E-state index in [1.807, 2.05) is 13.8 Å². The largest absolute Gasteiger partial charge is 0.497 e. The Kier molecular flexibility index (Phi) is 7.90. The first-order valence-corrected chi connectivity index (χ1v) is 7.54. The van der Waals surface area contributed by atoms with E-state index in [2.05, 4.69) is 10.6 Å². The van der Waals surface area contributed by atoms with Crippen LogP contribution in [0.25, 0.3) is 0 Å². The lowest BCUT2D eigenvalue weighted by atomic mass is 10.2. The zero-order valence-electron chi connectivity index (χ0n) is 14.1. The van der Waals surface area contributed by atoms with Crippen LogP contribution in [0.2, 0.25) is 0 Å². The molecule has 0 aliphatic rings. The summed E-state index contributed by atoms with van der Waals surface area (Å²) >= 11 is 0. The zero-order chi connectivity index (χ0) is 17.2. The van der Waals surface area contributed by atoms with E-state index in [1.165, 1.54) is 7.11 Å². The lowest BCUT2D eigenvalue weighted by molar-refractivity contribution is -0.123. The Morgan fingerprint density at radius 1 is 1.09 bits per heavy atom. The van der Waals surface area contributed by atoms with Gasteiger partial charge in [0.05, 0.1) is 33.0 Å². The van der Waals surface area contributed by atoms with E-state index in [1.54, 1.807) is 30.2 Å². The van der Waals surface area contributed by atoms with Gasteiger partial charge in [0.2, 0.25) is 11.8 Å². The predicted octanol–water partition coefficient (Wildman–Crippen LogP) is 1.10. The van der Waals surface area contributed by atoms with E-state index in [9.17, 15) is 9.59 Å². The average molecular weight is 323 g/mol. The van der Waals surface area contributed by atoms with Gasteiger partial charge in [0.15, 0.2) is 0 Å². The number of methoxy groups -OCH3 is 2. The van der Waals surface area contributed by atoms with E-state index in [-0.39, 0.29) is 24.9 Å². The molecule has 0 aliphatic carbocycles. The molecular formula is C16H25N3O4. The Bertz CT molecular complexity index is 534.